The minimum Gasteiger partial charge on any atom is -0.382 e. The summed E-state index contributed by atoms with van der Waals surface area (Å²) in [6.45, 7) is 3.73. The van der Waals surface area contributed by atoms with E-state index in [1.807, 2.05) is 18.2 Å². The summed E-state index contributed by atoms with van der Waals surface area (Å²) in [7, 11) is 0. The summed E-state index contributed by atoms with van der Waals surface area (Å²) in [6.07, 6.45) is 1.07. The third-order valence-electron chi connectivity index (χ3n) is 3.33. The minimum absolute atomic E-state index is 0.298. The van der Waals surface area contributed by atoms with Crippen LogP contribution in [0.25, 0.3) is 0 Å². The molecule has 1 aromatic rings. The third kappa shape index (κ3) is 2.61. The second-order valence-corrected chi connectivity index (χ2v) is 4.54. The molecule has 0 bridgehead atoms. The molecule has 4 nitrogen and oxygen atoms in total. The van der Waals surface area contributed by atoms with E-state index in [0.717, 1.165) is 25.3 Å². The maximum absolute atomic E-state index is 8.97. The Kier molecular flexibility index (Phi) is 3.82. The van der Waals surface area contributed by atoms with Gasteiger partial charge in [-0.15, -0.1) is 0 Å². The van der Waals surface area contributed by atoms with Gasteiger partial charge in [0.15, 0.2) is 0 Å². The van der Waals surface area contributed by atoms with E-state index in [0.29, 0.717) is 23.1 Å². The van der Waals surface area contributed by atoms with Crippen LogP contribution in [0.1, 0.15) is 24.5 Å². The molecule has 0 amide bonds. The van der Waals surface area contributed by atoms with Crippen LogP contribution in [0.2, 0.25) is 0 Å². The molecule has 0 aromatic heterocycles. The normalized spacial score (nSPS) is 19.8. The van der Waals surface area contributed by atoms with E-state index in [2.05, 4.69) is 12.2 Å². The highest BCUT2D eigenvalue weighted by molar-refractivity contribution is 5.56. The van der Waals surface area contributed by atoms with Gasteiger partial charge < -0.3 is 10.1 Å². The molecule has 1 heterocycles. The van der Waals surface area contributed by atoms with Crippen LogP contribution in [0.3, 0.4) is 0 Å². The second-order valence-electron chi connectivity index (χ2n) is 4.54. The van der Waals surface area contributed by atoms with Gasteiger partial charge in [-0.05, 0) is 31.5 Å². The fraction of sp³-hybridized carbons (Fsp3) is 0.429. The Bertz CT molecular complexity index is 507. The van der Waals surface area contributed by atoms with Gasteiger partial charge in [-0.3, -0.25) is 0 Å². The van der Waals surface area contributed by atoms with Crippen LogP contribution >= 0.6 is 0 Å². The van der Waals surface area contributed by atoms with Crippen LogP contribution in [0.15, 0.2) is 18.2 Å². The van der Waals surface area contributed by atoms with Gasteiger partial charge in [0, 0.05) is 24.3 Å². The van der Waals surface area contributed by atoms with Crippen LogP contribution in [0.5, 0.6) is 0 Å². The van der Waals surface area contributed by atoms with Crippen LogP contribution < -0.4 is 5.32 Å². The first kappa shape index (κ1) is 12.4. The summed E-state index contributed by atoms with van der Waals surface area (Å²) in [5, 5.41) is 21.2. The average Bonchev–Trinajstić information content (AvgIpc) is 2.92. The van der Waals surface area contributed by atoms with Crippen molar-refractivity contribution in [3.8, 4) is 12.1 Å². The van der Waals surface area contributed by atoms with Crippen LogP contribution in [0.4, 0.5) is 5.69 Å². The lowest BCUT2D eigenvalue weighted by Gasteiger charge is -2.20. The van der Waals surface area contributed by atoms with Crippen LogP contribution in [-0.2, 0) is 4.74 Å². The molecule has 1 aromatic carbocycles. The van der Waals surface area contributed by atoms with Crippen molar-refractivity contribution >= 4 is 5.69 Å². The number of ether oxygens (including phenoxy) is 1. The second kappa shape index (κ2) is 5.53. The fourth-order valence-corrected chi connectivity index (χ4v) is 2.15. The number of hydrogen-bond acceptors (Lipinski definition) is 4. The Morgan fingerprint density at radius 3 is 2.72 bits per heavy atom. The fourth-order valence-electron chi connectivity index (χ4n) is 2.15. The third-order valence-corrected chi connectivity index (χ3v) is 3.33. The summed E-state index contributed by atoms with van der Waals surface area (Å²) >= 11 is 0. The first-order valence-corrected chi connectivity index (χ1v) is 6.03. The van der Waals surface area contributed by atoms with Crippen molar-refractivity contribution in [3.05, 3.63) is 29.3 Å². The lowest BCUT2D eigenvalue weighted by atomic mass is 10.00. The Balaban J connectivity index is 2.10. The highest BCUT2D eigenvalue weighted by Gasteiger charge is 2.22. The zero-order valence-corrected chi connectivity index (χ0v) is 10.3. The highest BCUT2D eigenvalue weighted by atomic mass is 16.5. The molecule has 92 valence electrons. The topological polar surface area (TPSA) is 68.8 Å². The maximum Gasteiger partial charge on any atom is 0.101 e. The van der Waals surface area contributed by atoms with Crippen molar-refractivity contribution in [2.45, 2.75) is 19.4 Å². The van der Waals surface area contributed by atoms with Crippen molar-refractivity contribution in [3.63, 3.8) is 0 Å². The predicted octanol–water partition coefficient (Wildman–Crippen LogP) is 2.27. The summed E-state index contributed by atoms with van der Waals surface area (Å²) in [5.74, 6) is 0.506. The summed E-state index contributed by atoms with van der Waals surface area (Å²) < 4.78 is 5.36. The van der Waals surface area contributed by atoms with Gasteiger partial charge in [0.1, 0.15) is 12.1 Å². The number of nitriles is 2. The smallest absolute Gasteiger partial charge is 0.101 e. The number of anilines is 1. The zero-order valence-electron chi connectivity index (χ0n) is 10.3. The SMILES string of the molecule is CC(Nc1ccc(C#N)c(C#N)c1)C1CCOC1. The molecule has 2 rings (SSSR count). The molecule has 1 N–H and O–H groups in total. The molecule has 0 spiro atoms. The summed E-state index contributed by atoms with van der Waals surface area (Å²) in [5.41, 5.74) is 1.71. The van der Waals surface area contributed by atoms with Crippen molar-refractivity contribution in [1.82, 2.24) is 0 Å². The molecule has 0 saturated carbocycles. The molecular weight excluding hydrogens is 226 g/mol. The van der Waals surface area contributed by atoms with Gasteiger partial charge in [-0.25, -0.2) is 0 Å². The van der Waals surface area contributed by atoms with Crippen molar-refractivity contribution < 1.29 is 4.74 Å². The molecule has 0 radical (unpaired) electrons. The molecule has 1 aliphatic rings. The zero-order chi connectivity index (χ0) is 13.0. The number of hydrogen-bond donors (Lipinski definition) is 1. The van der Waals surface area contributed by atoms with Gasteiger partial charge >= 0.3 is 0 Å². The lowest BCUT2D eigenvalue weighted by Crippen LogP contribution is -2.26. The van der Waals surface area contributed by atoms with E-state index in [9.17, 15) is 0 Å². The first-order chi connectivity index (χ1) is 8.74. The molecule has 2 atom stereocenters. The summed E-state index contributed by atoms with van der Waals surface area (Å²) in [4.78, 5) is 0. The van der Waals surface area contributed by atoms with Crippen molar-refractivity contribution in [2.24, 2.45) is 5.92 Å². The van der Waals surface area contributed by atoms with E-state index in [1.165, 1.54) is 0 Å². The molecule has 18 heavy (non-hydrogen) atoms. The Hall–Kier alpha value is -2.04. The van der Waals surface area contributed by atoms with Gasteiger partial charge in [0.2, 0.25) is 0 Å². The highest BCUT2D eigenvalue weighted by Crippen LogP contribution is 2.21. The number of benzene rings is 1. The van der Waals surface area contributed by atoms with E-state index >= 15 is 0 Å². The molecule has 1 saturated heterocycles. The first-order valence-electron chi connectivity index (χ1n) is 6.03. The largest absolute Gasteiger partial charge is 0.382 e. The van der Waals surface area contributed by atoms with Gasteiger partial charge in [-0.2, -0.15) is 10.5 Å². The average molecular weight is 241 g/mol. The van der Waals surface area contributed by atoms with Crippen LogP contribution in [0, 0.1) is 28.6 Å². The standard InChI is InChI=1S/C14H15N3O/c1-10(12-4-5-18-9-12)17-14-3-2-11(7-15)13(6-14)8-16/h2-3,6,10,12,17H,4-5,9H2,1H3. The Morgan fingerprint density at radius 2 is 2.11 bits per heavy atom. The number of nitrogens with one attached hydrogen (secondary N) is 1. The Morgan fingerprint density at radius 1 is 1.33 bits per heavy atom. The Labute approximate surface area is 107 Å². The van der Waals surface area contributed by atoms with Crippen molar-refractivity contribution in [1.29, 1.82) is 10.5 Å². The summed E-state index contributed by atoms with van der Waals surface area (Å²) in [6, 6.07) is 9.60. The number of rotatable bonds is 3. The predicted molar refractivity (Wildman–Crippen MR) is 67.9 cm³/mol. The van der Waals surface area contributed by atoms with Gasteiger partial charge in [0.05, 0.1) is 17.7 Å². The lowest BCUT2D eigenvalue weighted by molar-refractivity contribution is 0.183. The molecule has 1 fully saturated rings. The van der Waals surface area contributed by atoms with E-state index in [-0.39, 0.29) is 0 Å². The molecular formula is C14H15N3O. The molecule has 0 aliphatic carbocycles. The van der Waals surface area contributed by atoms with Gasteiger partial charge in [-0.1, -0.05) is 0 Å². The maximum atomic E-state index is 8.97. The van der Waals surface area contributed by atoms with Gasteiger partial charge in [0.25, 0.3) is 0 Å². The van der Waals surface area contributed by atoms with E-state index < -0.39 is 0 Å². The molecule has 2 unspecified atom stereocenters. The minimum atomic E-state index is 0.298. The molecule has 1 aliphatic heterocycles. The number of nitrogens with zero attached hydrogens (tertiary/aromatic N) is 2. The monoisotopic (exact) mass is 241 g/mol. The van der Waals surface area contributed by atoms with E-state index in [4.69, 9.17) is 15.3 Å². The van der Waals surface area contributed by atoms with Crippen molar-refractivity contribution in [2.75, 3.05) is 18.5 Å². The molecule has 4 heteroatoms. The quantitative estimate of drug-likeness (QED) is 0.881. The van der Waals surface area contributed by atoms with Crippen LogP contribution in [-0.4, -0.2) is 19.3 Å². The van der Waals surface area contributed by atoms with E-state index in [1.54, 1.807) is 12.1 Å².